The predicted octanol–water partition coefficient (Wildman–Crippen LogP) is 10.7. The lowest BCUT2D eigenvalue weighted by atomic mass is 10.0. The number of nitrogens with one attached hydrogen (secondary N) is 1. The van der Waals surface area contributed by atoms with Gasteiger partial charge in [0.25, 0.3) is 0 Å². The molecule has 1 aliphatic rings. The lowest BCUT2D eigenvalue weighted by Gasteiger charge is -2.24. The molecule has 0 saturated heterocycles. The number of amidine groups is 2. The Labute approximate surface area is 279 Å². The standard InChI is InChI=1S/C42H26N4OS/c1-3-12-25(13-4-1)38-39-37(31-22-27-16-7-8-17-28(27)23-33(31)47-39)32(24-43-38)42-45-40(26-14-5-2-6-15-26)44-41(46-42)30-19-11-21-35-36(30)29-18-9-10-20-34(29)48-35/h1-24,40H,(H,44,45,46). The van der Waals surface area contributed by atoms with Crippen LogP contribution in [0.2, 0.25) is 0 Å². The third kappa shape index (κ3) is 4.27. The minimum Gasteiger partial charge on any atom is -0.454 e. The Morgan fingerprint density at radius 2 is 1.35 bits per heavy atom. The third-order valence-electron chi connectivity index (χ3n) is 9.17. The summed E-state index contributed by atoms with van der Waals surface area (Å²) in [6, 6.07) is 48.3. The first-order valence-electron chi connectivity index (χ1n) is 16.0. The summed E-state index contributed by atoms with van der Waals surface area (Å²) in [5, 5.41) is 10.4. The number of aliphatic imine (C=N–C) groups is 2. The fourth-order valence-corrected chi connectivity index (χ4v) is 8.06. The minimum atomic E-state index is -0.350. The fourth-order valence-electron chi connectivity index (χ4n) is 6.92. The maximum Gasteiger partial charge on any atom is 0.162 e. The van der Waals surface area contributed by atoms with Crippen molar-refractivity contribution < 1.29 is 4.42 Å². The van der Waals surface area contributed by atoms with E-state index in [2.05, 4.69) is 108 Å². The molecule has 48 heavy (non-hydrogen) atoms. The summed E-state index contributed by atoms with van der Waals surface area (Å²) in [7, 11) is 0. The lowest BCUT2D eigenvalue weighted by Crippen LogP contribution is -2.33. The van der Waals surface area contributed by atoms with Gasteiger partial charge in [-0.1, -0.05) is 115 Å². The molecule has 5 nitrogen and oxygen atoms in total. The SMILES string of the molecule is c1ccc(-c2ncc(C3=NC(c4ccccc4)NC(c4cccc5sc6ccccc6c45)=N3)c3c2oc2cc4ccccc4cc23)cc1. The van der Waals surface area contributed by atoms with Crippen LogP contribution in [0.15, 0.2) is 160 Å². The van der Waals surface area contributed by atoms with Crippen LogP contribution in [-0.4, -0.2) is 16.7 Å². The number of thiophene rings is 1. The second-order valence-electron chi connectivity index (χ2n) is 12.0. The summed E-state index contributed by atoms with van der Waals surface area (Å²) in [6.45, 7) is 0. The van der Waals surface area contributed by atoms with Crippen molar-refractivity contribution in [1.82, 2.24) is 10.3 Å². The molecule has 3 aromatic heterocycles. The highest BCUT2D eigenvalue weighted by Crippen LogP contribution is 2.40. The van der Waals surface area contributed by atoms with E-state index in [9.17, 15) is 0 Å². The normalized spacial score (nSPS) is 14.9. The molecule has 226 valence electrons. The van der Waals surface area contributed by atoms with E-state index in [1.807, 2.05) is 42.6 Å². The molecule has 0 amide bonds. The van der Waals surface area contributed by atoms with E-state index in [-0.39, 0.29) is 6.17 Å². The third-order valence-corrected chi connectivity index (χ3v) is 10.3. The van der Waals surface area contributed by atoms with E-state index in [0.29, 0.717) is 5.84 Å². The van der Waals surface area contributed by atoms with Gasteiger partial charge in [-0.25, -0.2) is 9.98 Å². The van der Waals surface area contributed by atoms with E-state index in [0.717, 1.165) is 66.5 Å². The Morgan fingerprint density at radius 1 is 0.625 bits per heavy atom. The first kappa shape index (κ1) is 27.0. The highest BCUT2D eigenvalue weighted by molar-refractivity contribution is 7.25. The molecule has 0 bridgehead atoms. The number of aromatic nitrogens is 1. The van der Waals surface area contributed by atoms with E-state index in [1.54, 1.807) is 11.3 Å². The second-order valence-corrected chi connectivity index (χ2v) is 13.1. The van der Waals surface area contributed by atoms with Crippen molar-refractivity contribution in [3.63, 3.8) is 0 Å². The number of hydrogen-bond donors (Lipinski definition) is 1. The number of benzene rings is 6. The smallest absolute Gasteiger partial charge is 0.162 e. The van der Waals surface area contributed by atoms with Gasteiger partial charge in [0.1, 0.15) is 23.3 Å². The van der Waals surface area contributed by atoms with Crippen LogP contribution >= 0.6 is 11.3 Å². The maximum absolute atomic E-state index is 6.72. The minimum absolute atomic E-state index is 0.350. The van der Waals surface area contributed by atoms with Crippen LogP contribution in [-0.2, 0) is 0 Å². The van der Waals surface area contributed by atoms with Crippen LogP contribution in [0.3, 0.4) is 0 Å². The van der Waals surface area contributed by atoms with Crippen LogP contribution in [0.25, 0.3) is 64.1 Å². The fraction of sp³-hybridized carbons (Fsp3) is 0.0238. The van der Waals surface area contributed by atoms with E-state index in [4.69, 9.17) is 19.4 Å². The van der Waals surface area contributed by atoms with Gasteiger partial charge in [0.2, 0.25) is 0 Å². The van der Waals surface area contributed by atoms with Crippen LogP contribution in [0.1, 0.15) is 22.9 Å². The Hall–Kier alpha value is -6.11. The summed E-state index contributed by atoms with van der Waals surface area (Å²) in [5.41, 5.74) is 6.26. The first-order chi connectivity index (χ1) is 23.8. The molecule has 0 saturated carbocycles. The molecule has 6 aromatic carbocycles. The summed E-state index contributed by atoms with van der Waals surface area (Å²) >= 11 is 1.80. The lowest BCUT2D eigenvalue weighted by molar-refractivity contribution is 0.668. The number of pyridine rings is 1. The second kappa shape index (κ2) is 10.7. The van der Waals surface area contributed by atoms with Gasteiger partial charge in [-0.15, -0.1) is 11.3 Å². The van der Waals surface area contributed by atoms with E-state index in [1.165, 1.54) is 20.2 Å². The summed E-state index contributed by atoms with van der Waals surface area (Å²) < 4.78 is 9.19. The summed E-state index contributed by atoms with van der Waals surface area (Å²) in [6.07, 6.45) is 1.57. The number of furan rings is 1. The number of hydrogen-bond acceptors (Lipinski definition) is 6. The topological polar surface area (TPSA) is 62.8 Å². The highest BCUT2D eigenvalue weighted by atomic mass is 32.1. The predicted molar refractivity (Wildman–Crippen MR) is 199 cm³/mol. The van der Waals surface area contributed by atoms with Gasteiger partial charge in [0, 0.05) is 53.8 Å². The van der Waals surface area contributed by atoms with E-state index < -0.39 is 0 Å². The average Bonchev–Trinajstić information content (AvgIpc) is 3.72. The van der Waals surface area contributed by atoms with Gasteiger partial charge >= 0.3 is 0 Å². The van der Waals surface area contributed by atoms with Gasteiger partial charge in [-0.05, 0) is 40.6 Å². The number of fused-ring (bicyclic) bond motifs is 7. The van der Waals surface area contributed by atoms with Gasteiger partial charge in [0.15, 0.2) is 11.4 Å². The summed E-state index contributed by atoms with van der Waals surface area (Å²) in [5.74, 6) is 1.39. The Morgan fingerprint density at radius 3 is 2.21 bits per heavy atom. The molecule has 0 spiro atoms. The zero-order valence-corrected chi connectivity index (χ0v) is 26.4. The molecule has 1 unspecified atom stereocenters. The quantitative estimate of drug-likeness (QED) is 0.210. The Kier molecular flexibility index (Phi) is 6.04. The highest BCUT2D eigenvalue weighted by Gasteiger charge is 2.27. The van der Waals surface area contributed by atoms with Gasteiger partial charge in [0.05, 0.1) is 0 Å². The van der Waals surface area contributed by atoms with Crippen LogP contribution in [0.5, 0.6) is 0 Å². The van der Waals surface area contributed by atoms with Crippen LogP contribution < -0.4 is 5.32 Å². The molecule has 10 rings (SSSR count). The molecule has 0 fully saturated rings. The molecule has 0 radical (unpaired) electrons. The van der Waals surface area contributed by atoms with Crippen LogP contribution in [0.4, 0.5) is 0 Å². The van der Waals surface area contributed by atoms with E-state index >= 15 is 0 Å². The average molecular weight is 635 g/mol. The zero-order chi connectivity index (χ0) is 31.6. The monoisotopic (exact) mass is 634 g/mol. The summed E-state index contributed by atoms with van der Waals surface area (Å²) in [4.78, 5) is 15.6. The molecular weight excluding hydrogens is 609 g/mol. The van der Waals surface area contributed by atoms with Gasteiger partial charge in [-0.2, -0.15) is 0 Å². The largest absolute Gasteiger partial charge is 0.454 e. The molecule has 0 aliphatic carbocycles. The zero-order valence-electron chi connectivity index (χ0n) is 25.6. The molecule has 1 aliphatic heterocycles. The Bertz CT molecular complexity index is 2760. The maximum atomic E-state index is 6.72. The molecule has 1 atom stereocenters. The molecule has 1 N–H and O–H groups in total. The van der Waals surface area contributed by atoms with Crippen molar-refractivity contribution in [3.05, 3.63) is 162 Å². The molecular formula is C42H26N4OS. The van der Waals surface area contributed by atoms with Crippen molar-refractivity contribution in [2.45, 2.75) is 6.17 Å². The van der Waals surface area contributed by atoms with Crippen molar-refractivity contribution in [2.24, 2.45) is 9.98 Å². The molecule has 6 heteroatoms. The van der Waals surface area contributed by atoms with Crippen molar-refractivity contribution >= 4 is 75.9 Å². The first-order valence-corrected chi connectivity index (χ1v) is 16.8. The van der Waals surface area contributed by atoms with Crippen LogP contribution in [0, 0.1) is 0 Å². The van der Waals surface area contributed by atoms with Crippen molar-refractivity contribution in [1.29, 1.82) is 0 Å². The molecule has 9 aromatic rings. The molecule has 4 heterocycles. The van der Waals surface area contributed by atoms with Crippen molar-refractivity contribution in [3.8, 4) is 11.3 Å². The van der Waals surface area contributed by atoms with Gasteiger partial charge < -0.3 is 9.73 Å². The number of rotatable bonds is 4. The van der Waals surface area contributed by atoms with Gasteiger partial charge in [-0.3, -0.25) is 4.98 Å². The Balaban J connectivity index is 1.26. The van der Waals surface area contributed by atoms with Crippen molar-refractivity contribution in [2.75, 3.05) is 0 Å². The number of nitrogens with zero attached hydrogens (tertiary/aromatic N) is 3.